The molecule has 0 bridgehead atoms. The van der Waals surface area contributed by atoms with Crippen LogP contribution >= 0.6 is 15.9 Å². The van der Waals surface area contributed by atoms with Gasteiger partial charge in [-0.2, -0.15) is 0 Å². The number of rotatable bonds is 11. The minimum Gasteiger partial charge on any atom is -0.362 e. The van der Waals surface area contributed by atoms with Gasteiger partial charge in [0.25, 0.3) is 0 Å². The largest absolute Gasteiger partial charge is 0.362 e. The van der Waals surface area contributed by atoms with E-state index in [1.165, 1.54) is 0 Å². The Hall–Kier alpha value is -2.82. The van der Waals surface area contributed by atoms with Gasteiger partial charge in [-0.05, 0) is 54.7 Å². The Labute approximate surface area is 230 Å². The molecule has 3 atom stereocenters. The fourth-order valence-corrected chi connectivity index (χ4v) is 4.88. The summed E-state index contributed by atoms with van der Waals surface area (Å²) in [5, 5.41) is 0. The van der Waals surface area contributed by atoms with Crippen LogP contribution in [0.3, 0.4) is 0 Å². The smallest absolute Gasteiger partial charge is 0.152 e. The maximum absolute atomic E-state index is 7.00. The molecule has 4 heteroatoms. The molecular weight excluding hydrogens is 520 g/mol. The van der Waals surface area contributed by atoms with Crippen molar-refractivity contribution in [2.45, 2.75) is 52.6 Å². The lowest BCUT2D eigenvalue weighted by molar-refractivity contribution is -0.0546. The lowest BCUT2D eigenvalue weighted by Gasteiger charge is -2.36. The van der Waals surface area contributed by atoms with Crippen LogP contribution in [0.25, 0.3) is 22.5 Å². The summed E-state index contributed by atoms with van der Waals surface area (Å²) in [5.41, 5.74) is 5.11. The van der Waals surface area contributed by atoms with Gasteiger partial charge in [-0.3, -0.25) is 0 Å². The summed E-state index contributed by atoms with van der Waals surface area (Å²) in [7, 11) is 0. The predicted molar refractivity (Wildman–Crippen MR) is 157 cm³/mol. The fraction of sp³-hybridized carbons (Fsp3) is 0.333. The van der Waals surface area contributed by atoms with Crippen molar-refractivity contribution in [1.29, 1.82) is 0 Å². The molecule has 0 fully saturated rings. The summed E-state index contributed by atoms with van der Waals surface area (Å²) in [4.78, 5) is 10.5. The number of ether oxygens (including phenoxy) is 1. The third-order valence-electron chi connectivity index (χ3n) is 7.16. The molecule has 0 aliphatic heterocycles. The zero-order valence-corrected chi connectivity index (χ0v) is 23.9. The molecule has 4 aromatic rings. The van der Waals surface area contributed by atoms with E-state index < -0.39 is 5.60 Å². The minimum absolute atomic E-state index is 0.426. The number of hydrogen-bond acceptors (Lipinski definition) is 3. The first-order valence-corrected chi connectivity index (χ1v) is 14.1. The maximum atomic E-state index is 7.00. The van der Waals surface area contributed by atoms with E-state index in [9.17, 15) is 0 Å². The molecule has 3 unspecified atom stereocenters. The Kier molecular flexibility index (Phi) is 9.28. The van der Waals surface area contributed by atoms with Crippen LogP contribution in [0.5, 0.6) is 0 Å². The molecule has 0 saturated heterocycles. The number of halogens is 1. The van der Waals surface area contributed by atoms with Crippen molar-refractivity contribution in [3.8, 4) is 22.5 Å². The van der Waals surface area contributed by atoms with Crippen LogP contribution in [0, 0.1) is 11.8 Å². The van der Waals surface area contributed by atoms with Crippen LogP contribution in [0.2, 0.25) is 0 Å². The van der Waals surface area contributed by atoms with Crippen LogP contribution in [0.4, 0.5) is 0 Å². The van der Waals surface area contributed by atoms with E-state index in [1.54, 1.807) is 0 Å². The van der Waals surface area contributed by atoms with Crippen LogP contribution in [-0.4, -0.2) is 16.6 Å². The SMILES string of the molecule is CCC(C)COC(CC(C)CC)(c1cccc(-c2ccccc2)n1)c1cccc(-c2cccc(Br)c2)n1. The van der Waals surface area contributed by atoms with Crippen LogP contribution in [-0.2, 0) is 10.3 Å². The lowest BCUT2D eigenvalue weighted by Crippen LogP contribution is -2.37. The first-order chi connectivity index (χ1) is 17.9. The number of aromatic nitrogens is 2. The fourth-order valence-electron chi connectivity index (χ4n) is 4.48. The maximum Gasteiger partial charge on any atom is 0.152 e. The van der Waals surface area contributed by atoms with Crippen molar-refractivity contribution in [3.63, 3.8) is 0 Å². The summed E-state index contributed by atoms with van der Waals surface area (Å²) in [6.07, 6.45) is 2.92. The standard InChI is InChI=1S/C33H37BrN2O/c1-5-24(3)22-33(37-23-25(4)6-2,31-19-11-17-29(35-31)26-13-8-7-9-14-26)32-20-12-18-30(36-32)27-15-10-16-28(34)21-27/h7-21,24-25H,5-6,22-23H2,1-4H3. The van der Waals surface area contributed by atoms with Gasteiger partial charge in [0.15, 0.2) is 5.60 Å². The Morgan fingerprint density at radius 3 is 1.86 bits per heavy atom. The second-order valence-corrected chi connectivity index (χ2v) is 11.0. The summed E-state index contributed by atoms with van der Waals surface area (Å²) >= 11 is 3.61. The predicted octanol–water partition coefficient (Wildman–Crippen LogP) is 9.32. The van der Waals surface area contributed by atoms with Crippen molar-refractivity contribution < 1.29 is 4.74 Å². The average Bonchev–Trinajstić information content (AvgIpc) is 2.95. The van der Waals surface area contributed by atoms with Crippen molar-refractivity contribution in [3.05, 3.63) is 107 Å². The Bertz CT molecular complexity index is 1290. The third-order valence-corrected chi connectivity index (χ3v) is 7.65. The van der Waals surface area contributed by atoms with Gasteiger partial charge in [0.05, 0.1) is 29.4 Å². The first kappa shape index (κ1) is 27.2. The minimum atomic E-state index is -0.758. The molecule has 37 heavy (non-hydrogen) atoms. The molecule has 2 aromatic carbocycles. The van der Waals surface area contributed by atoms with Gasteiger partial charge in [0.2, 0.25) is 0 Å². The van der Waals surface area contributed by atoms with Gasteiger partial charge < -0.3 is 4.74 Å². The molecule has 4 rings (SSSR count). The quantitative estimate of drug-likeness (QED) is 0.184. The Balaban J connectivity index is 1.90. The van der Waals surface area contributed by atoms with E-state index in [2.05, 4.69) is 116 Å². The Morgan fingerprint density at radius 1 is 0.703 bits per heavy atom. The van der Waals surface area contributed by atoms with Gasteiger partial charge >= 0.3 is 0 Å². The van der Waals surface area contributed by atoms with Gasteiger partial charge in [0.1, 0.15) is 0 Å². The average molecular weight is 558 g/mol. The van der Waals surface area contributed by atoms with Crippen LogP contribution in [0.1, 0.15) is 58.3 Å². The molecule has 0 N–H and O–H groups in total. The number of pyridine rings is 2. The van der Waals surface area contributed by atoms with Crippen LogP contribution in [0.15, 0.2) is 95.5 Å². The normalized spacial score (nSPS) is 14.6. The van der Waals surface area contributed by atoms with Crippen LogP contribution < -0.4 is 0 Å². The van der Waals surface area contributed by atoms with Gasteiger partial charge in [0, 0.05) is 15.6 Å². The number of nitrogens with zero attached hydrogens (tertiary/aromatic N) is 2. The van der Waals surface area contributed by atoms with E-state index in [-0.39, 0.29) is 0 Å². The van der Waals surface area contributed by atoms with E-state index in [4.69, 9.17) is 14.7 Å². The topological polar surface area (TPSA) is 35.0 Å². The van der Waals surface area contributed by atoms with E-state index in [0.717, 1.165) is 57.6 Å². The van der Waals surface area contributed by atoms with Gasteiger partial charge in [-0.1, -0.05) is 111 Å². The van der Waals surface area contributed by atoms with E-state index in [0.29, 0.717) is 18.4 Å². The van der Waals surface area contributed by atoms with Crippen molar-refractivity contribution in [2.75, 3.05) is 6.61 Å². The highest BCUT2D eigenvalue weighted by molar-refractivity contribution is 9.10. The zero-order valence-electron chi connectivity index (χ0n) is 22.3. The summed E-state index contributed by atoms with van der Waals surface area (Å²) < 4.78 is 8.03. The van der Waals surface area contributed by atoms with Crippen molar-refractivity contribution in [2.24, 2.45) is 11.8 Å². The second-order valence-electron chi connectivity index (χ2n) is 10.1. The lowest BCUT2D eigenvalue weighted by atomic mass is 9.83. The van der Waals surface area contributed by atoms with E-state index >= 15 is 0 Å². The molecular formula is C33H37BrN2O. The highest BCUT2D eigenvalue weighted by Crippen LogP contribution is 2.40. The molecule has 0 saturated carbocycles. The zero-order chi connectivity index (χ0) is 26.3. The van der Waals surface area contributed by atoms with Gasteiger partial charge in [-0.25, -0.2) is 9.97 Å². The monoisotopic (exact) mass is 556 g/mol. The summed E-state index contributed by atoms with van der Waals surface area (Å²) in [6.45, 7) is 9.63. The molecule has 192 valence electrons. The third kappa shape index (κ3) is 6.55. The van der Waals surface area contributed by atoms with Gasteiger partial charge in [-0.15, -0.1) is 0 Å². The summed E-state index contributed by atoms with van der Waals surface area (Å²) in [5.74, 6) is 0.859. The molecule has 3 nitrogen and oxygen atoms in total. The first-order valence-electron chi connectivity index (χ1n) is 13.4. The van der Waals surface area contributed by atoms with Crippen molar-refractivity contribution >= 4 is 15.9 Å². The molecule has 0 aliphatic carbocycles. The summed E-state index contributed by atoms with van der Waals surface area (Å²) in [6, 6.07) is 31.2. The molecule has 0 amide bonds. The highest BCUT2D eigenvalue weighted by atomic mass is 79.9. The Morgan fingerprint density at radius 2 is 1.27 bits per heavy atom. The molecule has 0 aliphatic rings. The number of hydrogen-bond donors (Lipinski definition) is 0. The molecule has 2 aromatic heterocycles. The molecule has 0 radical (unpaired) electrons. The second kappa shape index (κ2) is 12.6. The molecule has 0 spiro atoms. The highest BCUT2D eigenvalue weighted by Gasteiger charge is 2.40. The van der Waals surface area contributed by atoms with E-state index in [1.807, 2.05) is 18.2 Å². The van der Waals surface area contributed by atoms with Crippen molar-refractivity contribution in [1.82, 2.24) is 9.97 Å². The number of benzene rings is 2. The molecule has 2 heterocycles.